The van der Waals surface area contributed by atoms with Crippen molar-refractivity contribution in [1.29, 1.82) is 0 Å². The van der Waals surface area contributed by atoms with Gasteiger partial charge in [0.25, 0.3) is 0 Å². The standard InChI is InChI=1S/C18H37N3/c1-6-19-17-16(7-10-18(17,2)3)14-21-11-8-15(9-12-21)13-20(4)5/h15-17,19H,6-14H2,1-5H3. The van der Waals surface area contributed by atoms with E-state index in [-0.39, 0.29) is 0 Å². The van der Waals surface area contributed by atoms with Crippen LogP contribution in [0, 0.1) is 17.3 Å². The normalized spacial score (nSPS) is 31.1. The summed E-state index contributed by atoms with van der Waals surface area (Å²) in [6.45, 7) is 13.5. The molecular formula is C18H37N3. The fourth-order valence-electron chi connectivity index (χ4n) is 4.58. The van der Waals surface area contributed by atoms with Crippen LogP contribution in [0.15, 0.2) is 0 Å². The lowest BCUT2D eigenvalue weighted by molar-refractivity contribution is 0.129. The van der Waals surface area contributed by atoms with Crippen LogP contribution in [0.4, 0.5) is 0 Å². The topological polar surface area (TPSA) is 18.5 Å². The van der Waals surface area contributed by atoms with Gasteiger partial charge in [-0.25, -0.2) is 0 Å². The van der Waals surface area contributed by atoms with Gasteiger partial charge in [-0.05, 0) is 76.7 Å². The SMILES string of the molecule is CCNC1C(CN2CCC(CN(C)C)CC2)CCC1(C)C. The van der Waals surface area contributed by atoms with Crippen LogP contribution in [0.3, 0.4) is 0 Å². The molecule has 2 aliphatic rings. The van der Waals surface area contributed by atoms with Crippen LogP contribution in [-0.4, -0.2) is 62.7 Å². The quantitative estimate of drug-likeness (QED) is 0.813. The van der Waals surface area contributed by atoms with Gasteiger partial charge in [-0.15, -0.1) is 0 Å². The summed E-state index contributed by atoms with van der Waals surface area (Å²) in [5.74, 6) is 1.77. The van der Waals surface area contributed by atoms with Gasteiger partial charge in [0.15, 0.2) is 0 Å². The maximum Gasteiger partial charge on any atom is 0.0159 e. The van der Waals surface area contributed by atoms with E-state index in [0.29, 0.717) is 11.5 Å². The molecule has 0 aromatic carbocycles. The fourth-order valence-corrected chi connectivity index (χ4v) is 4.58. The van der Waals surface area contributed by atoms with Crippen LogP contribution in [0.1, 0.15) is 46.5 Å². The van der Waals surface area contributed by atoms with Crippen molar-refractivity contribution in [2.75, 3.05) is 46.8 Å². The van der Waals surface area contributed by atoms with Crippen molar-refractivity contribution < 1.29 is 0 Å². The number of rotatable bonds is 6. The molecule has 2 rings (SSSR count). The van der Waals surface area contributed by atoms with E-state index < -0.39 is 0 Å². The molecule has 2 unspecified atom stereocenters. The molecule has 0 aromatic rings. The first-order valence-electron chi connectivity index (χ1n) is 9.03. The predicted molar refractivity (Wildman–Crippen MR) is 91.7 cm³/mol. The summed E-state index contributed by atoms with van der Waals surface area (Å²) in [5, 5.41) is 3.78. The molecule has 21 heavy (non-hydrogen) atoms. The molecule has 2 fully saturated rings. The summed E-state index contributed by atoms with van der Waals surface area (Å²) < 4.78 is 0. The lowest BCUT2D eigenvalue weighted by Crippen LogP contribution is -2.47. The Morgan fingerprint density at radius 2 is 1.81 bits per heavy atom. The molecule has 3 heteroatoms. The number of piperidine rings is 1. The van der Waals surface area contributed by atoms with Crippen molar-refractivity contribution in [3.05, 3.63) is 0 Å². The van der Waals surface area contributed by atoms with Gasteiger partial charge in [-0.3, -0.25) is 0 Å². The van der Waals surface area contributed by atoms with E-state index in [4.69, 9.17) is 0 Å². The Kier molecular flexibility index (Phi) is 6.10. The van der Waals surface area contributed by atoms with Crippen molar-refractivity contribution in [3.8, 4) is 0 Å². The molecule has 2 atom stereocenters. The van der Waals surface area contributed by atoms with Crippen LogP contribution in [0.25, 0.3) is 0 Å². The third-order valence-corrected chi connectivity index (χ3v) is 5.72. The van der Waals surface area contributed by atoms with Crippen molar-refractivity contribution in [3.63, 3.8) is 0 Å². The average molecular weight is 296 g/mol. The molecule has 1 aliphatic carbocycles. The lowest BCUT2D eigenvalue weighted by Gasteiger charge is -2.37. The van der Waals surface area contributed by atoms with E-state index in [1.807, 2.05) is 0 Å². The van der Waals surface area contributed by atoms with Crippen molar-refractivity contribution in [1.82, 2.24) is 15.1 Å². The molecule has 0 amide bonds. The van der Waals surface area contributed by atoms with Gasteiger partial charge in [0.1, 0.15) is 0 Å². The summed E-state index contributed by atoms with van der Waals surface area (Å²) >= 11 is 0. The van der Waals surface area contributed by atoms with Crippen LogP contribution in [0.5, 0.6) is 0 Å². The Morgan fingerprint density at radius 1 is 1.14 bits per heavy atom. The highest BCUT2D eigenvalue weighted by atomic mass is 15.1. The first-order chi connectivity index (χ1) is 9.92. The summed E-state index contributed by atoms with van der Waals surface area (Å²) in [7, 11) is 4.40. The largest absolute Gasteiger partial charge is 0.313 e. The Hall–Kier alpha value is -0.120. The highest BCUT2D eigenvalue weighted by Crippen LogP contribution is 2.41. The summed E-state index contributed by atoms with van der Waals surface area (Å²) in [6, 6.07) is 0.710. The Morgan fingerprint density at radius 3 is 2.38 bits per heavy atom. The first-order valence-corrected chi connectivity index (χ1v) is 9.03. The van der Waals surface area contributed by atoms with E-state index in [1.165, 1.54) is 51.9 Å². The summed E-state index contributed by atoms with van der Waals surface area (Å²) in [6.07, 6.45) is 5.56. The van der Waals surface area contributed by atoms with Crippen molar-refractivity contribution in [2.24, 2.45) is 17.3 Å². The van der Waals surface area contributed by atoms with Gasteiger partial charge in [0.05, 0.1) is 0 Å². The first kappa shape index (κ1) is 17.2. The zero-order chi connectivity index (χ0) is 15.5. The van der Waals surface area contributed by atoms with Gasteiger partial charge < -0.3 is 15.1 Å². The molecule has 1 heterocycles. The Labute approximate surface area is 132 Å². The second-order valence-corrected chi connectivity index (χ2v) is 8.33. The molecule has 1 aliphatic heterocycles. The Balaban J connectivity index is 1.80. The summed E-state index contributed by atoms with van der Waals surface area (Å²) in [4.78, 5) is 5.09. The molecule has 0 spiro atoms. The van der Waals surface area contributed by atoms with E-state index in [9.17, 15) is 0 Å². The second-order valence-electron chi connectivity index (χ2n) is 8.33. The monoisotopic (exact) mass is 295 g/mol. The summed E-state index contributed by atoms with van der Waals surface area (Å²) in [5.41, 5.74) is 0.476. The van der Waals surface area contributed by atoms with Crippen LogP contribution >= 0.6 is 0 Å². The van der Waals surface area contributed by atoms with E-state index in [1.54, 1.807) is 0 Å². The van der Waals surface area contributed by atoms with Crippen LogP contribution in [0.2, 0.25) is 0 Å². The number of hydrogen-bond acceptors (Lipinski definition) is 3. The molecule has 3 nitrogen and oxygen atoms in total. The number of nitrogens with zero attached hydrogens (tertiary/aromatic N) is 2. The van der Waals surface area contributed by atoms with Crippen LogP contribution < -0.4 is 5.32 Å². The van der Waals surface area contributed by atoms with E-state index in [0.717, 1.165) is 18.4 Å². The van der Waals surface area contributed by atoms with Gasteiger partial charge in [-0.1, -0.05) is 20.8 Å². The minimum absolute atomic E-state index is 0.476. The average Bonchev–Trinajstić information content (AvgIpc) is 2.68. The van der Waals surface area contributed by atoms with Gasteiger partial charge >= 0.3 is 0 Å². The van der Waals surface area contributed by atoms with Gasteiger partial charge in [-0.2, -0.15) is 0 Å². The van der Waals surface area contributed by atoms with Gasteiger partial charge in [0, 0.05) is 19.1 Å². The predicted octanol–water partition coefficient (Wildman–Crippen LogP) is 2.67. The molecule has 0 bridgehead atoms. The lowest BCUT2D eigenvalue weighted by atomic mass is 9.84. The zero-order valence-corrected chi connectivity index (χ0v) is 15.0. The minimum atomic E-state index is 0.476. The third-order valence-electron chi connectivity index (χ3n) is 5.72. The minimum Gasteiger partial charge on any atom is -0.313 e. The maximum absolute atomic E-state index is 3.78. The molecule has 0 aromatic heterocycles. The Bertz CT molecular complexity index is 306. The number of hydrogen-bond donors (Lipinski definition) is 1. The number of nitrogens with one attached hydrogen (secondary N) is 1. The molecule has 1 N–H and O–H groups in total. The molecule has 1 saturated heterocycles. The molecule has 124 valence electrons. The second kappa shape index (κ2) is 7.43. The molecular weight excluding hydrogens is 258 g/mol. The van der Waals surface area contributed by atoms with Gasteiger partial charge in [0.2, 0.25) is 0 Å². The maximum atomic E-state index is 3.78. The molecule has 0 radical (unpaired) electrons. The van der Waals surface area contributed by atoms with Crippen molar-refractivity contribution in [2.45, 2.75) is 52.5 Å². The zero-order valence-electron chi connectivity index (χ0n) is 15.0. The highest BCUT2D eigenvalue weighted by Gasteiger charge is 2.41. The number of likely N-dealkylation sites (tertiary alicyclic amines) is 1. The third kappa shape index (κ3) is 4.67. The van der Waals surface area contributed by atoms with Crippen LogP contribution in [-0.2, 0) is 0 Å². The molecule has 1 saturated carbocycles. The van der Waals surface area contributed by atoms with E-state index in [2.05, 4.69) is 50.0 Å². The fraction of sp³-hybridized carbons (Fsp3) is 1.00. The van der Waals surface area contributed by atoms with Crippen molar-refractivity contribution >= 4 is 0 Å². The smallest absolute Gasteiger partial charge is 0.0159 e. The van der Waals surface area contributed by atoms with E-state index >= 15 is 0 Å². The highest BCUT2D eigenvalue weighted by molar-refractivity contribution is 4.97.